The first-order valence-electron chi connectivity index (χ1n) is 8.95. The normalized spacial score (nSPS) is 10.5. The Kier molecular flexibility index (Phi) is 6.45. The van der Waals surface area contributed by atoms with Crippen LogP contribution in [-0.4, -0.2) is 33.0 Å². The number of carbonyl (C=O) groups is 1. The van der Waals surface area contributed by atoms with E-state index in [1.807, 2.05) is 47.0 Å². The number of benzene rings is 2. The second kappa shape index (κ2) is 9.20. The zero-order valence-electron chi connectivity index (χ0n) is 15.8. The minimum Gasteiger partial charge on any atom is -0.354 e. The molecule has 0 bridgehead atoms. The Hall–Kier alpha value is -3.11. The lowest BCUT2D eigenvalue weighted by Crippen LogP contribution is -2.26. The first-order chi connectivity index (χ1) is 13.6. The van der Waals surface area contributed by atoms with Gasteiger partial charge >= 0.3 is 0 Å². The Bertz CT molecular complexity index is 1010. The van der Waals surface area contributed by atoms with Gasteiger partial charge in [0.05, 0.1) is 23.9 Å². The van der Waals surface area contributed by atoms with Gasteiger partial charge in [-0.1, -0.05) is 48.2 Å². The number of nitrogens with one attached hydrogen (secondary N) is 1. The molecule has 0 fully saturated rings. The summed E-state index contributed by atoms with van der Waals surface area (Å²) in [6, 6.07) is 18.1. The topological polar surface area (TPSA) is 83.6 Å². The summed E-state index contributed by atoms with van der Waals surface area (Å²) >= 11 is 1.33. The van der Waals surface area contributed by atoms with Crippen molar-refractivity contribution in [2.24, 2.45) is 0 Å². The van der Waals surface area contributed by atoms with Crippen molar-refractivity contribution in [1.29, 1.82) is 5.26 Å². The van der Waals surface area contributed by atoms with E-state index in [1.165, 1.54) is 22.9 Å². The molecular formula is C21H21N5OS. The number of rotatable bonds is 7. The Morgan fingerprint density at radius 1 is 1.14 bits per heavy atom. The first-order valence-corrected chi connectivity index (χ1v) is 9.93. The molecule has 1 amide bonds. The Morgan fingerprint density at radius 3 is 2.64 bits per heavy atom. The van der Waals surface area contributed by atoms with Gasteiger partial charge in [0.25, 0.3) is 0 Å². The van der Waals surface area contributed by atoms with Gasteiger partial charge in [-0.3, -0.25) is 9.36 Å². The summed E-state index contributed by atoms with van der Waals surface area (Å²) in [4.78, 5) is 12.0. The van der Waals surface area contributed by atoms with Crippen LogP contribution in [0.2, 0.25) is 0 Å². The Balaban J connectivity index is 1.92. The van der Waals surface area contributed by atoms with Crippen LogP contribution >= 0.6 is 11.8 Å². The number of aryl methyl sites for hydroxylation is 2. The van der Waals surface area contributed by atoms with Crippen molar-refractivity contribution in [3.05, 3.63) is 59.7 Å². The predicted molar refractivity (Wildman–Crippen MR) is 110 cm³/mol. The van der Waals surface area contributed by atoms with Crippen molar-refractivity contribution in [1.82, 2.24) is 20.1 Å². The highest BCUT2D eigenvalue weighted by atomic mass is 32.2. The summed E-state index contributed by atoms with van der Waals surface area (Å²) in [7, 11) is 0. The molecule has 28 heavy (non-hydrogen) atoms. The molecule has 0 aliphatic heterocycles. The fourth-order valence-corrected chi connectivity index (χ4v) is 3.46. The van der Waals surface area contributed by atoms with Gasteiger partial charge in [0, 0.05) is 12.1 Å². The number of carbonyl (C=O) groups excluding carboxylic acids is 1. The smallest absolute Gasteiger partial charge is 0.230 e. The van der Waals surface area contributed by atoms with Gasteiger partial charge in [0.2, 0.25) is 5.91 Å². The van der Waals surface area contributed by atoms with Gasteiger partial charge in [0.1, 0.15) is 0 Å². The van der Waals surface area contributed by atoms with Crippen LogP contribution in [0, 0.1) is 25.2 Å². The molecule has 1 N–H and O–H groups in total. The minimum atomic E-state index is -0.129. The average molecular weight is 392 g/mol. The number of nitrogens with zero attached hydrogens (tertiary/aromatic N) is 4. The van der Waals surface area contributed by atoms with Crippen LogP contribution in [0.15, 0.2) is 53.7 Å². The van der Waals surface area contributed by atoms with Crippen LogP contribution in [0.4, 0.5) is 0 Å². The third-order valence-corrected chi connectivity index (χ3v) is 5.23. The molecule has 0 saturated heterocycles. The summed E-state index contributed by atoms with van der Waals surface area (Å²) in [5.41, 5.74) is 4.30. The van der Waals surface area contributed by atoms with E-state index < -0.39 is 0 Å². The van der Waals surface area contributed by atoms with Crippen LogP contribution in [-0.2, 0) is 4.79 Å². The Morgan fingerprint density at radius 2 is 1.93 bits per heavy atom. The standard InChI is InChI=1S/C21H21N5OS/c1-15-9-10-18(13-16(15)2)26-20(17-7-4-3-5-8-17)24-25-21(26)28-14-19(27)23-12-6-11-22/h3-5,7-10,13H,6,12,14H2,1-2H3,(H,23,27). The van der Waals surface area contributed by atoms with Gasteiger partial charge in [-0.2, -0.15) is 5.26 Å². The van der Waals surface area contributed by atoms with E-state index in [0.29, 0.717) is 18.1 Å². The van der Waals surface area contributed by atoms with Crippen LogP contribution < -0.4 is 5.32 Å². The van der Waals surface area contributed by atoms with Gasteiger partial charge < -0.3 is 5.32 Å². The van der Waals surface area contributed by atoms with Crippen molar-refractivity contribution in [3.63, 3.8) is 0 Å². The van der Waals surface area contributed by atoms with E-state index in [2.05, 4.69) is 41.5 Å². The van der Waals surface area contributed by atoms with E-state index in [0.717, 1.165) is 17.1 Å². The van der Waals surface area contributed by atoms with E-state index in [9.17, 15) is 4.79 Å². The molecule has 0 saturated carbocycles. The highest BCUT2D eigenvalue weighted by Crippen LogP contribution is 2.28. The lowest BCUT2D eigenvalue weighted by Gasteiger charge is -2.12. The number of thioether (sulfide) groups is 1. The molecule has 0 unspecified atom stereocenters. The fourth-order valence-electron chi connectivity index (χ4n) is 2.67. The molecule has 0 radical (unpaired) electrons. The maximum Gasteiger partial charge on any atom is 0.230 e. The van der Waals surface area contributed by atoms with E-state index in [1.54, 1.807) is 0 Å². The minimum absolute atomic E-state index is 0.129. The van der Waals surface area contributed by atoms with Crippen molar-refractivity contribution >= 4 is 17.7 Å². The summed E-state index contributed by atoms with van der Waals surface area (Å²) in [5, 5.41) is 20.7. The van der Waals surface area contributed by atoms with Crippen molar-refractivity contribution in [2.45, 2.75) is 25.4 Å². The van der Waals surface area contributed by atoms with Crippen LogP contribution in [0.1, 0.15) is 17.5 Å². The number of amides is 1. The number of hydrogen-bond donors (Lipinski definition) is 1. The van der Waals surface area contributed by atoms with Crippen LogP contribution in [0.5, 0.6) is 0 Å². The van der Waals surface area contributed by atoms with E-state index >= 15 is 0 Å². The highest BCUT2D eigenvalue weighted by Gasteiger charge is 2.17. The summed E-state index contributed by atoms with van der Waals surface area (Å²) in [5.74, 6) is 0.816. The molecule has 0 aliphatic carbocycles. The van der Waals surface area contributed by atoms with Gasteiger partial charge in [0.15, 0.2) is 11.0 Å². The summed E-state index contributed by atoms with van der Waals surface area (Å²) < 4.78 is 1.98. The average Bonchev–Trinajstić information content (AvgIpc) is 3.13. The van der Waals surface area contributed by atoms with Gasteiger partial charge in [-0.25, -0.2) is 0 Å². The first kappa shape index (κ1) is 19.6. The lowest BCUT2D eigenvalue weighted by atomic mass is 10.1. The predicted octanol–water partition coefficient (Wildman–Crippen LogP) is 3.67. The second-order valence-corrected chi connectivity index (χ2v) is 7.27. The summed E-state index contributed by atoms with van der Waals surface area (Å²) in [6.45, 7) is 4.50. The molecule has 3 aromatic rings. The highest BCUT2D eigenvalue weighted by molar-refractivity contribution is 7.99. The molecule has 0 atom stereocenters. The molecule has 7 heteroatoms. The van der Waals surface area contributed by atoms with Crippen LogP contribution in [0.3, 0.4) is 0 Å². The SMILES string of the molecule is Cc1ccc(-n2c(SCC(=O)NCCC#N)nnc2-c2ccccc2)cc1C. The largest absolute Gasteiger partial charge is 0.354 e. The zero-order valence-corrected chi connectivity index (χ0v) is 16.7. The van der Waals surface area contributed by atoms with Crippen LogP contribution in [0.25, 0.3) is 17.1 Å². The van der Waals surface area contributed by atoms with Crippen molar-refractivity contribution < 1.29 is 4.79 Å². The molecule has 0 spiro atoms. The molecular weight excluding hydrogens is 370 g/mol. The second-order valence-electron chi connectivity index (χ2n) is 6.32. The molecule has 1 heterocycles. The third-order valence-electron chi connectivity index (χ3n) is 4.31. The lowest BCUT2D eigenvalue weighted by molar-refractivity contribution is -0.118. The number of hydrogen-bond acceptors (Lipinski definition) is 5. The van der Waals surface area contributed by atoms with E-state index in [4.69, 9.17) is 5.26 Å². The van der Waals surface area contributed by atoms with Crippen molar-refractivity contribution in [2.75, 3.05) is 12.3 Å². The maximum absolute atomic E-state index is 12.0. The zero-order chi connectivity index (χ0) is 19.9. The summed E-state index contributed by atoms with van der Waals surface area (Å²) in [6.07, 6.45) is 0.299. The fraction of sp³-hybridized carbons (Fsp3) is 0.238. The molecule has 142 valence electrons. The molecule has 6 nitrogen and oxygen atoms in total. The van der Waals surface area contributed by atoms with Crippen molar-refractivity contribution in [3.8, 4) is 23.1 Å². The Labute approximate surface area is 168 Å². The van der Waals surface area contributed by atoms with Gasteiger partial charge in [-0.05, 0) is 37.1 Å². The monoisotopic (exact) mass is 391 g/mol. The molecule has 1 aromatic heterocycles. The van der Waals surface area contributed by atoms with E-state index in [-0.39, 0.29) is 11.7 Å². The molecule has 2 aromatic carbocycles. The third kappa shape index (κ3) is 4.59. The maximum atomic E-state index is 12.0. The van der Waals surface area contributed by atoms with Gasteiger partial charge in [-0.15, -0.1) is 10.2 Å². The number of nitriles is 1. The molecule has 3 rings (SSSR count). The molecule has 0 aliphatic rings. The number of aromatic nitrogens is 3. The quantitative estimate of drug-likeness (QED) is 0.491.